The van der Waals surface area contributed by atoms with Crippen molar-refractivity contribution in [1.29, 1.82) is 0 Å². The third kappa shape index (κ3) is 3.79. The van der Waals surface area contributed by atoms with Crippen LogP contribution in [0.3, 0.4) is 0 Å². The number of benzene rings is 2. The fourth-order valence-electron chi connectivity index (χ4n) is 1.88. The van der Waals surface area contributed by atoms with Gasteiger partial charge in [0, 0.05) is 33.8 Å². The van der Waals surface area contributed by atoms with Crippen LogP contribution in [-0.4, -0.2) is 7.11 Å². The molecule has 0 saturated carbocycles. The molecule has 0 radical (unpaired) electrons. The Morgan fingerprint density at radius 3 is 2.48 bits per heavy atom. The molecule has 0 amide bonds. The molecule has 2 aromatic carbocycles. The maximum Gasteiger partial charge on any atom is 0.166 e. The second-order valence-corrected chi connectivity index (χ2v) is 5.20. The zero-order chi connectivity index (χ0) is 15.4. The molecule has 0 atom stereocenters. The van der Waals surface area contributed by atoms with Crippen molar-refractivity contribution in [3.63, 3.8) is 0 Å². The van der Waals surface area contributed by atoms with E-state index in [2.05, 4.69) is 0 Å². The van der Waals surface area contributed by atoms with Crippen molar-refractivity contribution >= 4 is 23.2 Å². The highest BCUT2D eigenvalue weighted by molar-refractivity contribution is 6.31. The summed E-state index contributed by atoms with van der Waals surface area (Å²) in [7, 11) is 1.50. The molecule has 0 heterocycles. The normalized spacial score (nSPS) is 10.5. The largest absolute Gasteiger partial charge is 0.493 e. The zero-order valence-corrected chi connectivity index (χ0v) is 12.8. The zero-order valence-electron chi connectivity index (χ0n) is 11.3. The molecule has 0 saturated heterocycles. The van der Waals surface area contributed by atoms with Gasteiger partial charge in [-0.25, -0.2) is 4.39 Å². The Morgan fingerprint density at radius 1 is 1.10 bits per heavy atom. The van der Waals surface area contributed by atoms with Gasteiger partial charge in [0.15, 0.2) is 11.5 Å². The number of halogens is 3. The first-order chi connectivity index (χ1) is 10.0. The Kier molecular flexibility index (Phi) is 5.28. The summed E-state index contributed by atoms with van der Waals surface area (Å²) in [5, 5.41) is 0.834. The SMILES string of the molecule is COc1cc(Cl)cc(CN)c1OCc1ccc(Cl)cc1F. The van der Waals surface area contributed by atoms with Gasteiger partial charge in [0.2, 0.25) is 0 Å². The Morgan fingerprint density at radius 2 is 1.86 bits per heavy atom. The average Bonchev–Trinajstić information content (AvgIpc) is 2.46. The first-order valence-electron chi connectivity index (χ1n) is 6.18. The topological polar surface area (TPSA) is 44.5 Å². The van der Waals surface area contributed by atoms with Gasteiger partial charge < -0.3 is 15.2 Å². The molecule has 0 aromatic heterocycles. The lowest BCUT2D eigenvalue weighted by Crippen LogP contribution is -2.05. The van der Waals surface area contributed by atoms with Crippen molar-refractivity contribution in [2.24, 2.45) is 5.73 Å². The van der Waals surface area contributed by atoms with Crippen molar-refractivity contribution in [1.82, 2.24) is 0 Å². The predicted octanol–water partition coefficient (Wildman–Crippen LogP) is 4.18. The Balaban J connectivity index is 2.26. The summed E-state index contributed by atoms with van der Waals surface area (Å²) in [6.07, 6.45) is 0. The minimum atomic E-state index is -0.426. The lowest BCUT2D eigenvalue weighted by Gasteiger charge is -2.15. The van der Waals surface area contributed by atoms with Crippen molar-refractivity contribution in [3.8, 4) is 11.5 Å². The van der Waals surface area contributed by atoms with E-state index in [0.717, 1.165) is 0 Å². The summed E-state index contributed by atoms with van der Waals surface area (Å²) in [5.74, 6) is 0.487. The molecule has 0 fully saturated rings. The lowest BCUT2D eigenvalue weighted by atomic mass is 10.1. The Bertz CT molecular complexity index is 625. The first kappa shape index (κ1) is 15.9. The second kappa shape index (κ2) is 6.98. The van der Waals surface area contributed by atoms with Gasteiger partial charge in [0.25, 0.3) is 0 Å². The molecular weight excluding hydrogens is 316 g/mol. The maximum atomic E-state index is 13.7. The standard InChI is InChI=1S/C15H14Cl2FNO2/c1-20-14-6-12(17)4-10(7-19)15(14)21-8-9-2-3-11(16)5-13(9)18/h2-6H,7-8,19H2,1H3. The van der Waals surface area contributed by atoms with E-state index in [9.17, 15) is 4.39 Å². The van der Waals surface area contributed by atoms with Gasteiger partial charge in [-0.05, 0) is 18.2 Å². The molecule has 2 rings (SSSR count). The van der Waals surface area contributed by atoms with Crippen LogP contribution in [0.4, 0.5) is 4.39 Å². The Hall–Kier alpha value is -1.49. The van der Waals surface area contributed by atoms with E-state index < -0.39 is 5.82 Å². The van der Waals surface area contributed by atoms with E-state index in [1.165, 1.54) is 13.2 Å². The number of hydrogen-bond acceptors (Lipinski definition) is 3. The van der Waals surface area contributed by atoms with Gasteiger partial charge in [0.05, 0.1) is 7.11 Å². The summed E-state index contributed by atoms with van der Waals surface area (Å²) in [4.78, 5) is 0. The predicted molar refractivity (Wildman–Crippen MR) is 81.6 cm³/mol. The quantitative estimate of drug-likeness (QED) is 0.894. The van der Waals surface area contributed by atoms with Gasteiger partial charge in [-0.3, -0.25) is 0 Å². The Labute approximate surface area is 132 Å². The molecule has 0 aliphatic carbocycles. The first-order valence-corrected chi connectivity index (χ1v) is 6.94. The van der Waals surface area contributed by atoms with Crippen molar-refractivity contribution < 1.29 is 13.9 Å². The van der Waals surface area contributed by atoms with Gasteiger partial charge >= 0.3 is 0 Å². The third-order valence-corrected chi connectivity index (χ3v) is 3.38. The van der Waals surface area contributed by atoms with Crippen LogP contribution < -0.4 is 15.2 Å². The van der Waals surface area contributed by atoms with E-state index in [1.54, 1.807) is 24.3 Å². The van der Waals surface area contributed by atoms with Crippen LogP contribution in [0.25, 0.3) is 0 Å². The van der Waals surface area contributed by atoms with Crippen LogP contribution in [0.15, 0.2) is 30.3 Å². The highest BCUT2D eigenvalue weighted by Gasteiger charge is 2.13. The van der Waals surface area contributed by atoms with Crippen LogP contribution in [0, 0.1) is 5.82 Å². The monoisotopic (exact) mass is 329 g/mol. The molecule has 0 spiro atoms. The number of rotatable bonds is 5. The molecule has 2 aromatic rings. The van der Waals surface area contributed by atoms with Crippen LogP contribution in [-0.2, 0) is 13.2 Å². The summed E-state index contributed by atoms with van der Waals surface area (Å²) >= 11 is 11.7. The van der Waals surface area contributed by atoms with Crippen molar-refractivity contribution in [2.45, 2.75) is 13.2 Å². The van der Waals surface area contributed by atoms with Crippen LogP contribution >= 0.6 is 23.2 Å². The van der Waals surface area contributed by atoms with Crippen molar-refractivity contribution in [2.75, 3.05) is 7.11 Å². The summed E-state index contributed by atoms with van der Waals surface area (Å²) < 4.78 is 24.6. The fraction of sp³-hybridized carbons (Fsp3) is 0.200. The van der Waals surface area contributed by atoms with Crippen LogP contribution in [0.5, 0.6) is 11.5 Å². The summed E-state index contributed by atoms with van der Waals surface area (Å²) in [6, 6.07) is 7.73. The smallest absolute Gasteiger partial charge is 0.166 e. The molecular formula is C15H14Cl2FNO2. The number of nitrogens with two attached hydrogens (primary N) is 1. The van der Waals surface area contributed by atoms with Gasteiger partial charge in [-0.2, -0.15) is 0 Å². The molecule has 112 valence electrons. The maximum absolute atomic E-state index is 13.7. The molecule has 3 nitrogen and oxygen atoms in total. The van der Waals surface area contributed by atoms with E-state index in [0.29, 0.717) is 32.7 Å². The minimum absolute atomic E-state index is 0.0357. The van der Waals surface area contributed by atoms with Crippen LogP contribution in [0.1, 0.15) is 11.1 Å². The fourth-order valence-corrected chi connectivity index (χ4v) is 2.27. The van der Waals surface area contributed by atoms with E-state index in [-0.39, 0.29) is 13.2 Å². The molecule has 2 N–H and O–H groups in total. The number of ether oxygens (including phenoxy) is 2. The molecule has 0 aliphatic heterocycles. The van der Waals surface area contributed by atoms with E-state index >= 15 is 0 Å². The van der Waals surface area contributed by atoms with Crippen LogP contribution in [0.2, 0.25) is 10.0 Å². The average molecular weight is 330 g/mol. The number of methoxy groups -OCH3 is 1. The molecule has 0 unspecified atom stereocenters. The second-order valence-electron chi connectivity index (χ2n) is 4.32. The molecule has 6 heteroatoms. The van der Waals surface area contributed by atoms with Gasteiger partial charge in [-0.1, -0.05) is 29.3 Å². The van der Waals surface area contributed by atoms with Gasteiger partial charge in [-0.15, -0.1) is 0 Å². The molecule has 0 bridgehead atoms. The molecule has 0 aliphatic rings. The lowest BCUT2D eigenvalue weighted by molar-refractivity contribution is 0.277. The minimum Gasteiger partial charge on any atom is -0.493 e. The highest BCUT2D eigenvalue weighted by Crippen LogP contribution is 2.35. The summed E-state index contributed by atoms with van der Waals surface area (Å²) in [6.45, 7) is 0.267. The van der Waals surface area contributed by atoms with E-state index in [1.807, 2.05) is 0 Å². The number of hydrogen-bond donors (Lipinski definition) is 1. The van der Waals surface area contributed by atoms with Gasteiger partial charge in [0.1, 0.15) is 12.4 Å². The van der Waals surface area contributed by atoms with E-state index in [4.69, 9.17) is 38.4 Å². The molecule has 21 heavy (non-hydrogen) atoms. The third-order valence-electron chi connectivity index (χ3n) is 2.92. The van der Waals surface area contributed by atoms with Crippen molar-refractivity contribution in [3.05, 3.63) is 57.3 Å². The highest BCUT2D eigenvalue weighted by atomic mass is 35.5. The summed E-state index contributed by atoms with van der Waals surface area (Å²) in [5.41, 5.74) is 6.75.